The molecule has 1 aliphatic carbocycles. The second-order valence-electron chi connectivity index (χ2n) is 5.13. The van der Waals surface area contributed by atoms with Crippen LogP contribution in [0, 0.1) is 20.2 Å². The smallest absolute Gasteiger partial charge is 0.282 e. The van der Waals surface area contributed by atoms with Crippen LogP contribution < -0.4 is 0 Å². The maximum absolute atomic E-state index is 11.6. The van der Waals surface area contributed by atoms with Gasteiger partial charge in [0.2, 0.25) is 0 Å². The summed E-state index contributed by atoms with van der Waals surface area (Å²) in [4.78, 5) is 18.7. The van der Waals surface area contributed by atoms with Crippen molar-refractivity contribution in [1.82, 2.24) is 0 Å². The summed E-state index contributed by atoms with van der Waals surface area (Å²) < 4.78 is 64.8. The maximum Gasteiger partial charge on any atom is 0.295 e. The number of rotatable bonds is 4. The normalized spacial score (nSPS) is 12.7. The van der Waals surface area contributed by atoms with Crippen LogP contribution in [-0.4, -0.2) is 35.8 Å². The molecule has 0 aliphatic heterocycles. The zero-order valence-electron chi connectivity index (χ0n) is 12.2. The first-order valence-electron chi connectivity index (χ1n) is 6.44. The van der Waals surface area contributed by atoms with Gasteiger partial charge in [-0.25, -0.2) is 0 Å². The van der Waals surface area contributed by atoms with E-state index in [4.69, 9.17) is 0 Å². The largest absolute Gasteiger partial charge is 0.295 e. The molecule has 0 unspecified atom stereocenters. The van der Waals surface area contributed by atoms with Gasteiger partial charge in [0.25, 0.3) is 31.6 Å². The number of fused-ring (bicyclic) bond motifs is 4. The Morgan fingerprint density at radius 2 is 0.962 bits per heavy atom. The number of benzene rings is 2. The van der Waals surface area contributed by atoms with E-state index in [2.05, 4.69) is 0 Å². The van der Waals surface area contributed by atoms with E-state index in [9.17, 15) is 46.2 Å². The molecule has 26 heavy (non-hydrogen) atoms. The van der Waals surface area contributed by atoms with Gasteiger partial charge < -0.3 is 0 Å². The van der Waals surface area contributed by atoms with Crippen LogP contribution in [0.1, 0.15) is 0 Å². The predicted octanol–water partition coefficient (Wildman–Crippen LogP) is 1.64. The first-order chi connectivity index (χ1) is 11.9. The third-order valence-corrected chi connectivity index (χ3v) is 5.53. The molecule has 2 N–H and O–H groups in total. The highest BCUT2D eigenvalue weighted by atomic mass is 32.2. The van der Waals surface area contributed by atoms with Crippen LogP contribution in [0.4, 0.5) is 11.4 Å². The molecule has 0 amide bonds. The van der Waals surface area contributed by atoms with Crippen LogP contribution in [0.5, 0.6) is 0 Å². The van der Waals surface area contributed by atoms with E-state index in [1.54, 1.807) is 0 Å². The molecule has 0 bridgehead atoms. The van der Waals surface area contributed by atoms with Crippen molar-refractivity contribution in [1.29, 1.82) is 0 Å². The van der Waals surface area contributed by atoms with E-state index < -0.39 is 73.5 Å². The first kappa shape index (κ1) is 17.9. The van der Waals surface area contributed by atoms with Crippen molar-refractivity contribution in [3.63, 3.8) is 0 Å². The van der Waals surface area contributed by atoms with Crippen molar-refractivity contribution in [2.45, 2.75) is 9.79 Å². The lowest BCUT2D eigenvalue weighted by molar-refractivity contribution is -0.386. The third kappa shape index (κ3) is 2.43. The van der Waals surface area contributed by atoms with Crippen LogP contribution >= 0.6 is 0 Å². The molecular formula is C12H6N2O10S2. The molecule has 0 spiro atoms. The molecule has 136 valence electrons. The topological polar surface area (TPSA) is 195 Å². The summed E-state index contributed by atoms with van der Waals surface area (Å²) >= 11 is 0. The Labute approximate surface area is 144 Å². The SMILES string of the molecule is O=[N+]([O-])c1ccc(S(=O)(=O)O)c2c1-c1c([N+](=O)[O-])ccc(S(=O)(=O)O)c1-2. The fraction of sp³-hybridized carbons (Fsp3) is 0. The maximum atomic E-state index is 11.6. The Morgan fingerprint density at radius 3 is 1.19 bits per heavy atom. The fourth-order valence-corrected chi connectivity index (χ4v) is 4.22. The highest BCUT2D eigenvalue weighted by Gasteiger charge is 2.44. The molecule has 0 saturated heterocycles. The van der Waals surface area contributed by atoms with Crippen LogP contribution in [-0.2, 0) is 20.2 Å². The van der Waals surface area contributed by atoms with Gasteiger partial charge in [0.15, 0.2) is 0 Å². The van der Waals surface area contributed by atoms with Gasteiger partial charge in [-0.1, -0.05) is 0 Å². The number of hydrogen-bond donors (Lipinski definition) is 2. The van der Waals surface area contributed by atoms with Gasteiger partial charge in [-0.3, -0.25) is 29.3 Å². The van der Waals surface area contributed by atoms with Gasteiger partial charge in [0, 0.05) is 23.3 Å². The Hall–Kier alpha value is -2.94. The van der Waals surface area contributed by atoms with Crippen molar-refractivity contribution in [2.75, 3.05) is 0 Å². The lowest BCUT2D eigenvalue weighted by Crippen LogP contribution is -2.15. The Balaban J connectivity index is 2.57. The molecular weight excluding hydrogens is 396 g/mol. The summed E-state index contributed by atoms with van der Waals surface area (Å²) in [6.07, 6.45) is 0. The highest BCUT2D eigenvalue weighted by Crippen LogP contribution is 2.59. The monoisotopic (exact) mass is 402 g/mol. The number of nitrogens with zero attached hydrogens (tertiary/aromatic N) is 2. The van der Waals surface area contributed by atoms with Gasteiger partial charge in [0.1, 0.15) is 9.79 Å². The quantitative estimate of drug-likeness (QED) is 0.368. The molecule has 2 aromatic carbocycles. The van der Waals surface area contributed by atoms with Gasteiger partial charge in [-0.15, -0.1) is 0 Å². The molecule has 1 aliphatic rings. The zero-order chi connectivity index (χ0) is 19.6. The van der Waals surface area contributed by atoms with Gasteiger partial charge in [0.05, 0.1) is 21.0 Å². The molecule has 0 fully saturated rings. The molecule has 0 saturated carbocycles. The zero-order valence-corrected chi connectivity index (χ0v) is 13.8. The molecule has 3 rings (SSSR count). The van der Waals surface area contributed by atoms with Crippen molar-refractivity contribution in [3.8, 4) is 22.3 Å². The number of nitro groups is 2. The molecule has 14 heteroatoms. The van der Waals surface area contributed by atoms with Gasteiger partial charge in [-0.05, 0) is 12.1 Å². The van der Waals surface area contributed by atoms with Crippen LogP contribution in [0.25, 0.3) is 22.3 Å². The Morgan fingerprint density at radius 1 is 0.654 bits per heavy atom. The van der Waals surface area contributed by atoms with Crippen molar-refractivity contribution in [2.24, 2.45) is 0 Å². The predicted molar refractivity (Wildman–Crippen MR) is 83.8 cm³/mol. The van der Waals surface area contributed by atoms with Crippen LogP contribution in [0.15, 0.2) is 34.1 Å². The van der Waals surface area contributed by atoms with Crippen molar-refractivity contribution >= 4 is 31.6 Å². The van der Waals surface area contributed by atoms with E-state index in [-0.39, 0.29) is 0 Å². The molecule has 12 nitrogen and oxygen atoms in total. The second kappa shape index (κ2) is 5.28. The molecule has 0 heterocycles. The van der Waals surface area contributed by atoms with Gasteiger partial charge >= 0.3 is 0 Å². The lowest BCUT2D eigenvalue weighted by atomic mass is 9.78. The molecule has 2 aromatic rings. The molecule has 0 aromatic heterocycles. The summed E-state index contributed by atoms with van der Waals surface area (Å²) in [5, 5.41) is 22.4. The summed E-state index contributed by atoms with van der Waals surface area (Å²) in [6, 6.07) is 2.77. The summed E-state index contributed by atoms with van der Waals surface area (Å²) in [7, 11) is -9.91. The number of nitro benzene ring substituents is 2. The van der Waals surface area contributed by atoms with E-state index in [1.165, 1.54) is 0 Å². The standard InChI is InChI=1S/C12H6N2O10S2/c15-13(16)5-1-3-7(25(19,20)21)11-9(5)10-6(14(17)18)2-4-8(12(10)11)26(22,23)24/h1-4H,(H,19,20,21)(H,22,23,24). The minimum absolute atomic E-state index is 0.516. The van der Waals surface area contributed by atoms with E-state index in [1.807, 2.05) is 0 Å². The fourth-order valence-electron chi connectivity index (χ4n) is 2.82. The van der Waals surface area contributed by atoms with E-state index in [0.717, 1.165) is 0 Å². The minimum Gasteiger partial charge on any atom is -0.282 e. The third-order valence-electron chi connectivity index (χ3n) is 3.74. The van der Waals surface area contributed by atoms with E-state index in [0.29, 0.717) is 24.3 Å². The Kier molecular flexibility index (Phi) is 3.63. The Bertz CT molecular complexity index is 1130. The minimum atomic E-state index is -4.95. The van der Waals surface area contributed by atoms with Crippen LogP contribution in [0.2, 0.25) is 0 Å². The van der Waals surface area contributed by atoms with Crippen LogP contribution in [0.3, 0.4) is 0 Å². The summed E-state index contributed by atoms with van der Waals surface area (Å²) in [5.41, 5.74) is -3.67. The van der Waals surface area contributed by atoms with Crippen molar-refractivity contribution in [3.05, 3.63) is 44.5 Å². The van der Waals surface area contributed by atoms with Gasteiger partial charge in [-0.2, -0.15) is 16.8 Å². The lowest BCUT2D eigenvalue weighted by Gasteiger charge is -2.26. The molecule has 0 atom stereocenters. The summed E-state index contributed by atoms with van der Waals surface area (Å²) in [5.74, 6) is 0. The summed E-state index contributed by atoms with van der Waals surface area (Å²) in [6.45, 7) is 0. The van der Waals surface area contributed by atoms with E-state index >= 15 is 0 Å². The average molecular weight is 402 g/mol. The number of hydrogen-bond acceptors (Lipinski definition) is 8. The second-order valence-corrected chi connectivity index (χ2v) is 7.91. The molecule has 0 radical (unpaired) electrons. The first-order valence-corrected chi connectivity index (χ1v) is 9.32. The highest BCUT2D eigenvalue weighted by molar-refractivity contribution is 7.86. The van der Waals surface area contributed by atoms with Crippen molar-refractivity contribution < 1.29 is 35.8 Å². The average Bonchev–Trinajstić information content (AvgIpc) is 2.47.